The zero-order valence-corrected chi connectivity index (χ0v) is 10.9. The second kappa shape index (κ2) is 5.19. The normalized spacial score (nSPS) is 25.7. The first-order valence-electron chi connectivity index (χ1n) is 6.66. The van der Waals surface area contributed by atoms with E-state index in [-0.39, 0.29) is 6.04 Å². The zero-order valence-electron chi connectivity index (χ0n) is 10.9. The second-order valence-corrected chi connectivity index (χ2v) is 5.86. The number of nitrogens with two attached hydrogens (primary N) is 2. The van der Waals surface area contributed by atoms with Crippen LogP contribution in [0.2, 0.25) is 0 Å². The van der Waals surface area contributed by atoms with E-state index in [1.54, 1.807) is 0 Å². The Kier molecular flexibility index (Phi) is 3.85. The predicted octanol–water partition coefficient (Wildman–Crippen LogP) is 2.62. The Hall–Kier alpha value is -0.860. The molecule has 2 nitrogen and oxygen atoms in total. The molecule has 0 aromatic heterocycles. The lowest BCUT2D eigenvalue weighted by atomic mass is 9.74. The van der Waals surface area contributed by atoms with E-state index >= 15 is 0 Å². The van der Waals surface area contributed by atoms with Crippen LogP contribution in [-0.2, 0) is 6.42 Å². The van der Waals surface area contributed by atoms with Crippen molar-refractivity contribution < 1.29 is 0 Å². The van der Waals surface area contributed by atoms with Crippen LogP contribution in [0.15, 0.2) is 24.3 Å². The molecule has 1 aromatic carbocycles. The molecule has 17 heavy (non-hydrogen) atoms. The average molecular weight is 232 g/mol. The standard InChI is InChI=1S/C15H24N2/c1-10(2)7-11-3-5-12(6-4-11)15(17)13-8-14(16)9-13/h3-6,10,13-15H,7-9,16-17H2,1-2H3. The molecular formula is C15H24N2. The van der Waals surface area contributed by atoms with Gasteiger partial charge in [-0.2, -0.15) is 0 Å². The largest absolute Gasteiger partial charge is 0.328 e. The minimum Gasteiger partial charge on any atom is -0.328 e. The Morgan fingerprint density at radius 3 is 2.24 bits per heavy atom. The number of rotatable bonds is 4. The van der Waals surface area contributed by atoms with Crippen molar-refractivity contribution in [2.45, 2.75) is 45.2 Å². The highest BCUT2D eigenvalue weighted by atomic mass is 14.7. The lowest BCUT2D eigenvalue weighted by Gasteiger charge is -2.37. The van der Waals surface area contributed by atoms with E-state index in [1.165, 1.54) is 11.1 Å². The van der Waals surface area contributed by atoms with Gasteiger partial charge in [0.1, 0.15) is 0 Å². The summed E-state index contributed by atoms with van der Waals surface area (Å²) >= 11 is 0. The van der Waals surface area contributed by atoms with Gasteiger partial charge in [-0.1, -0.05) is 38.1 Å². The van der Waals surface area contributed by atoms with E-state index in [2.05, 4.69) is 38.1 Å². The molecule has 1 unspecified atom stereocenters. The summed E-state index contributed by atoms with van der Waals surface area (Å²) in [5.41, 5.74) is 14.7. The Morgan fingerprint density at radius 1 is 1.18 bits per heavy atom. The van der Waals surface area contributed by atoms with E-state index in [1.807, 2.05) is 0 Å². The van der Waals surface area contributed by atoms with E-state index in [0.29, 0.717) is 17.9 Å². The van der Waals surface area contributed by atoms with Gasteiger partial charge < -0.3 is 11.5 Å². The average Bonchev–Trinajstić information content (AvgIpc) is 2.24. The molecule has 1 aliphatic carbocycles. The number of hydrogen-bond acceptors (Lipinski definition) is 2. The highest BCUT2D eigenvalue weighted by molar-refractivity contribution is 5.26. The molecule has 1 atom stereocenters. The van der Waals surface area contributed by atoms with E-state index in [0.717, 1.165) is 19.3 Å². The second-order valence-electron chi connectivity index (χ2n) is 5.86. The zero-order chi connectivity index (χ0) is 12.4. The van der Waals surface area contributed by atoms with Crippen LogP contribution in [0.25, 0.3) is 0 Å². The van der Waals surface area contributed by atoms with Gasteiger partial charge in [-0.05, 0) is 42.2 Å². The summed E-state index contributed by atoms with van der Waals surface area (Å²) < 4.78 is 0. The van der Waals surface area contributed by atoms with Crippen molar-refractivity contribution >= 4 is 0 Å². The minimum absolute atomic E-state index is 0.169. The van der Waals surface area contributed by atoms with Crippen molar-refractivity contribution in [1.82, 2.24) is 0 Å². The quantitative estimate of drug-likeness (QED) is 0.838. The molecule has 2 heteroatoms. The molecule has 0 bridgehead atoms. The molecular weight excluding hydrogens is 208 g/mol. The van der Waals surface area contributed by atoms with Crippen LogP contribution in [0.3, 0.4) is 0 Å². The summed E-state index contributed by atoms with van der Waals surface area (Å²) in [7, 11) is 0. The summed E-state index contributed by atoms with van der Waals surface area (Å²) in [6.07, 6.45) is 3.30. The molecule has 1 aliphatic rings. The van der Waals surface area contributed by atoms with Gasteiger partial charge in [0, 0.05) is 12.1 Å². The molecule has 0 aliphatic heterocycles. The van der Waals surface area contributed by atoms with Gasteiger partial charge in [-0.25, -0.2) is 0 Å². The van der Waals surface area contributed by atoms with Crippen molar-refractivity contribution in [2.75, 3.05) is 0 Å². The van der Waals surface area contributed by atoms with Gasteiger partial charge in [-0.3, -0.25) is 0 Å². The molecule has 4 N–H and O–H groups in total. The SMILES string of the molecule is CC(C)Cc1ccc(C(N)C2CC(N)C2)cc1. The van der Waals surface area contributed by atoms with Crippen molar-refractivity contribution in [3.8, 4) is 0 Å². The van der Waals surface area contributed by atoms with Gasteiger partial charge >= 0.3 is 0 Å². The third kappa shape index (κ3) is 3.08. The fraction of sp³-hybridized carbons (Fsp3) is 0.600. The fourth-order valence-corrected chi connectivity index (χ4v) is 2.62. The van der Waals surface area contributed by atoms with Gasteiger partial charge in [0.05, 0.1) is 0 Å². The van der Waals surface area contributed by atoms with E-state index < -0.39 is 0 Å². The lowest BCUT2D eigenvalue weighted by molar-refractivity contribution is 0.224. The maximum atomic E-state index is 6.26. The molecule has 1 aromatic rings. The van der Waals surface area contributed by atoms with Crippen LogP contribution in [0, 0.1) is 11.8 Å². The van der Waals surface area contributed by atoms with Crippen molar-refractivity contribution in [1.29, 1.82) is 0 Å². The number of benzene rings is 1. The van der Waals surface area contributed by atoms with Gasteiger partial charge in [0.2, 0.25) is 0 Å². The first-order valence-corrected chi connectivity index (χ1v) is 6.66. The van der Waals surface area contributed by atoms with Crippen LogP contribution in [0.5, 0.6) is 0 Å². The predicted molar refractivity (Wildman–Crippen MR) is 72.6 cm³/mol. The Bertz CT molecular complexity index is 350. The van der Waals surface area contributed by atoms with Crippen molar-refractivity contribution in [3.05, 3.63) is 35.4 Å². The lowest BCUT2D eigenvalue weighted by Crippen LogP contribution is -2.41. The fourth-order valence-electron chi connectivity index (χ4n) is 2.62. The first-order chi connectivity index (χ1) is 8.06. The van der Waals surface area contributed by atoms with Crippen LogP contribution in [0.1, 0.15) is 43.9 Å². The van der Waals surface area contributed by atoms with Crippen LogP contribution < -0.4 is 11.5 Å². The van der Waals surface area contributed by atoms with Crippen LogP contribution >= 0.6 is 0 Å². The smallest absolute Gasteiger partial charge is 0.0324 e. The Labute approximate surface area is 104 Å². The topological polar surface area (TPSA) is 52.0 Å². The third-order valence-corrected chi connectivity index (χ3v) is 3.73. The summed E-state index contributed by atoms with van der Waals surface area (Å²) in [5.74, 6) is 1.29. The highest BCUT2D eigenvalue weighted by Crippen LogP contribution is 2.35. The maximum absolute atomic E-state index is 6.26. The molecule has 0 heterocycles. The van der Waals surface area contributed by atoms with Crippen molar-refractivity contribution in [2.24, 2.45) is 23.3 Å². The maximum Gasteiger partial charge on any atom is 0.0324 e. The molecule has 0 spiro atoms. The van der Waals surface area contributed by atoms with Gasteiger partial charge in [0.25, 0.3) is 0 Å². The Balaban J connectivity index is 1.97. The molecule has 0 radical (unpaired) electrons. The molecule has 0 saturated heterocycles. The molecule has 1 saturated carbocycles. The summed E-state index contributed by atoms with van der Waals surface area (Å²) in [4.78, 5) is 0. The van der Waals surface area contributed by atoms with Gasteiger partial charge in [0.15, 0.2) is 0 Å². The summed E-state index contributed by atoms with van der Waals surface area (Å²) in [5, 5.41) is 0. The molecule has 1 fully saturated rings. The monoisotopic (exact) mass is 232 g/mol. The molecule has 2 rings (SSSR count). The molecule has 94 valence electrons. The summed E-state index contributed by atoms with van der Waals surface area (Å²) in [6.45, 7) is 4.49. The molecule has 0 amide bonds. The number of hydrogen-bond donors (Lipinski definition) is 2. The Morgan fingerprint density at radius 2 is 1.76 bits per heavy atom. The van der Waals surface area contributed by atoms with E-state index in [9.17, 15) is 0 Å². The highest BCUT2D eigenvalue weighted by Gasteiger charge is 2.31. The third-order valence-electron chi connectivity index (χ3n) is 3.73. The van der Waals surface area contributed by atoms with Crippen LogP contribution in [-0.4, -0.2) is 6.04 Å². The van der Waals surface area contributed by atoms with E-state index in [4.69, 9.17) is 11.5 Å². The first kappa shape index (κ1) is 12.6. The van der Waals surface area contributed by atoms with Gasteiger partial charge in [-0.15, -0.1) is 0 Å². The van der Waals surface area contributed by atoms with Crippen LogP contribution in [0.4, 0.5) is 0 Å². The minimum atomic E-state index is 0.169. The summed E-state index contributed by atoms with van der Waals surface area (Å²) in [6, 6.07) is 9.36. The van der Waals surface area contributed by atoms with Crippen molar-refractivity contribution in [3.63, 3.8) is 0 Å².